The maximum Gasteiger partial charge on any atom is 0.304 e. The minimum absolute atomic E-state index is 0.171. The van der Waals surface area contributed by atoms with Crippen LogP contribution in [0.3, 0.4) is 0 Å². The first-order chi connectivity index (χ1) is 12.1. The van der Waals surface area contributed by atoms with E-state index in [1.54, 1.807) is 16.8 Å². The number of nitrogens with zero attached hydrogens (tertiary/aromatic N) is 3. The van der Waals surface area contributed by atoms with E-state index in [0.29, 0.717) is 34.0 Å². The Morgan fingerprint density at radius 3 is 2.56 bits per heavy atom. The second kappa shape index (κ2) is 6.96. The third kappa shape index (κ3) is 3.40. The monoisotopic (exact) mass is 394 g/mol. The lowest BCUT2D eigenvalue weighted by atomic mass is 10.1. The van der Waals surface area contributed by atoms with Crippen LogP contribution in [0.5, 0.6) is 0 Å². The molecule has 4 nitrogen and oxygen atoms in total. The summed E-state index contributed by atoms with van der Waals surface area (Å²) in [6, 6.07) is 13.8. The number of fused-ring (bicyclic) bond motifs is 1. The van der Waals surface area contributed by atoms with Crippen LogP contribution in [0.2, 0.25) is 15.1 Å². The Morgan fingerprint density at radius 2 is 1.84 bits per heavy atom. The first-order valence-corrected chi connectivity index (χ1v) is 9.01. The fourth-order valence-corrected chi connectivity index (χ4v) is 4.06. The van der Waals surface area contributed by atoms with Gasteiger partial charge in [-0.15, -0.1) is 0 Å². The summed E-state index contributed by atoms with van der Waals surface area (Å²) in [5.41, 5.74) is 1.87. The lowest BCUT2D eigenvalue weighted by Gasteiger charge is -2.19. The molecule has 1 unspecified atom stereocenters. The lowest BCUT2D eigenvalue weighted by molar-refractivity contribution is -0.742. The predicted octanol–water partition coefficient (Wildman–Crippen LogP) is 4.43. The molecule has 0 N–H and O–H groups in total. The van der Waals surface area contributed by atoms with Crippen molar-refractivity contribution in [2.24, 2.45) is 0 Å². The summed E-state index contributed by atoms with van der Waals surface area (Å²) in [6.07, 6.45) is 2.79. The molecule has 2 heterocycles. The average Bonchev–Trinajstić information content (AvgIpc) is 2.99. The van der Waals surface area contributed by atoms with Crippen molar-refractivity contribution in [3.8, 4) is 5.69 Å². The molecule has 2 aromatic carbocycles. The van der Waals surface area contributed by atoms with Crippen molar-refractivity contribution >= 4 is 34.8 Å². The van der Waals surface area contributed by atoms with Crippen molar-refractivity contribution in [1.29, 1.82) is 0 Å². The largest absolute Gasteiger partial charge is 0.367 e. The minimum Gasteiger partial charge on any atom is -0.367 e. The van der Waals surface area contributed by atoms with Gasteiger partial charge in [0, 0.05) is 16.5 Å². The summed E-state index contributed by atoms with van der Waals surface area (Å²) in [5.74, 6) is 0.842. The number of halogens is 3. The number of ether oxygens (including phenoxy) is 1. The molecule has 0 radical (unpaired) electrons. The van der Waals surface area contributed by atoms with Crippen molar-refractivity contribution < 1.29 is 9.30 Å². The Morgan fingerprint density at radius 1 is 1.12 bits per heavy atom. The van der Waals surface area contributed by atoms with Gasteiger partial charge >= 0.3 is 5.82 Å². The number of hydrogen-bond donors (Lipinski definition) is 0. The van der Waals surface area contributed by atoms with E-state index < -0.39 is 0 Å². The lowest BCUT2D eigenvalue weighted by Crippen LogP contribution is -2.48. The van der Waals surface area contributed by atoms with Gasteiger partial charge in [-0.3, -0.25) is 0 Å². The fourth-order valence-electron chi connectivity index (χ4n) is 3.07. The molecule has 1 atom stereocenters. The van der Waals surface area contributed by atoms with Gasteiger partial charge in [0.1, 0.15) is 12.6 Å². The summed E-state index contributed by atoms with van der Waals surface area (Å²) in [4.78, 5) is 0. The molecule has 25 heavy (non-hydrogen) atoms. The summed E-state index contributed by atoms with van der Waals surface area (Å²) in [6.45, 7) is 1.10. The molecular weight excluding hydrogens is 381 g/mol. The van der Waals surface area contributed by atoms with Crippen LogP contribution in [-0.4, -0.2) is 16.4 Å². The molecule has 1 aliphatic rings. The molecule has 7 heteroatoms. The van der Waals surface area contributed by atoms with Crippen LogP contribution in [0.1, 0.15) is 17.4 Å². The van der Waals surface area contributed by atoms with Crippen LogP contribution in [0.25, 0.3) is 5.69 Å². The van der Waals surface area contributed by atoms with Gasteiger partial charge in [0.15, 0.2) is 5.69 Å². The third-order valence-electron chi connectivity index (χ3n) is 4.21. The van der Waals surface area contributed by atoms with Gasteiger partial charge < -0.3 is 4.74 Å². The quantitative estimate of drug-likeness (QED) is 0.614. The van der Waals surface area contributed by atoms with E-state index in [4.69, 9.17) is 39.5 Å². The highest BCUT2D eigenvalue weighted by atomic mass is 35.5. The van der Waals surface area contributed by atoms with Crippen LogP contribution >= 0.6 is 34.8 Å². The highest BCUT2D eigenvalue weighted by molar-refractivity contribution is 6.40. The molecule has 0 amide bonds. The van der Waals surface area contributed by atoms with E-state index >= 15 is 0 Å². The van der Waals surface area contributed by atoms with Crippen LogP contribution < -0.4 is 4.57 Å². The SMILES string of the molecule is Clc1cc(Cl)c(-n2c[n+]3c(n2)COCC3Cc2ccccc2)c(Cl)c1. The number of aromatic nitrogens is 3. The smallest absolute Gasteiger partial charge is 0.304 e. The van der Waals surface area contributed by atoms with E-state index in [2.05, 4.69) is 21.8 Å². The molecule has 0 fully saturated rings. The van der Waals surface area contributed by atoms with E-state index in [9.17, 15) is 0 Å². The minimum atomic E-state index is 0.171. The maximum atomic E-state index is 6.33. The highest BCUT2D eigenvalue weighted by Crippen LogP contribution is 2.31. The topological polar surface area (TPSA) is 30.9 Å². The fraction of sp³-hybridized carbons (Fsp3) is 0.222. The van der Waals surface area contributed by atoms with Gasteiger partial charge in [-0.25, -0.2) is 4.57 Å². The molecule has 1 aliphatic heterocycles. The average molecular weight is 396 g/mol. The normalized spacial score (nSPS) is 16.7. The second-order valence-corrected chi connectivity index (χ2v) is 7.21. The van der Waals surface area contributed by atoms with Gasteiger partial charge in [-0.2, -0.15) is 0 Å². The van der Waals surface area contributed by atoms with Gasteiger partial charge in [-0.05, 0) is 17.7 Å². The number of benzene rings is 2. The van der Waals surface area contributed by atoms with Crippen LogP contribution in [0, 0.1) is 0 Å². The Labute approximate surface area is 160 Å². The zero-order chi connectivity index (χ0) is 17.4. The van der Waals surface area contributed by atoms with E-state index in [1.165, 1.54) is 5.56 Å². The molecule has 0 saturated heterocycles. The molecular formula is C18H15Cl3N3O+. The summed E-state index contributed by atoms with van der Waals surface area (Å²) in [7, 11) is 0. The van der Waals surface area contributed by atoms with Crippen molar-refractivity contribution in [3.05, 3.63) is 75.2 Å². The summed E-state index contributed by atoms with van der Waals surface area (Å²) in [5, 5.41) is 6.01. The Balaban J connectivity index is 1.71. The maximum absolute atomic E-state index is 6.33. The Kier molecular flexibility index (Phi) is 4.69. The van der Waals surface area contributed by atoms with E-state index in [0.717, 1.165) is 12.2 Å². The van der Waals surface area contributed by atoms with Gasteiger partial charge in [-0.1, -0.05) is 69.8 Å². The van der Waals surface area contributed by atoms with Crippen molar-refractivity contribution in [1.82, 2.24) is 9.78 Å². The summed E-state index contributed by atoms with van der Waals surface area (Å²) < 4.78 is 9.56. The molecule has 128 valence electrons. The summed E-state index contributed by atoms with van der Waals surface area (Å²) >= 11 is 18.7. The Hall–Kier alpha value is -1.59. The molecule has 0 bridgehead atoms. The zero-order valence-corrected chi connectivity index (χ0v) is 15.5. The van der Waals surface area contributed by atoms with Crippen LogP contribution in [0.4, 0.5) is 0 Å². The molecule has 3 aromatic rings. The first-order valence-electron chi connectivity index (χ1n) is 7.88. The van der Waals surface area contributed by atoms with Gasteiger partial charge in [0.25, 0.3) is 0 Å². The van der Waals surface area contributed by atoms with E-state index in [-0.39, 0.29) is 6.04 Å². The standard InChI is InChI=1S/C18H15Cl3N3O/c19-13-7-15(20)18(16(21)8-13)24-11-23-14(9-25-10-17(23)22-24)6-12-4-2-1-3-5-12/h1-5,7-8,11,14H,6,9-10H2/q+1. The molecule has 4 rings (SSSR count). The van der Waals surface area contributed by atoms with Crippen molar-refractivity contribution in [3.63, 3.8) is 0 Å². The second-order valence-electron chi connectivity index (χ2n) is 5.96. The van der Waals surface area contributed by atoms with Crippen molar-refractivity contribution in [2.45, 2.75) is 19.1 Å². The first kappa shape index (κ1) is 16.9. The predicted molar refractivity (Wildman–Crippen MR) is 97.6 cm³/mol. The molecule has 0 aliphatic carbocycles. The highest BCUT2D eigenvalue weighted by Gasteiger charge is 2.31. The van der Waals surface area contributed by atoms with Crippen LogP contribution in [-0.2, 0) is 17.8 Å². The van der Waals surface area contributed by atoms with Crippen molar-refractivity contribution in [2.75, 3.05) is 6.61 Å². The Bertz CT molecular complexity index is 888. The van der Waals surface area contributed by atoms with Crippen LogP contribution in [0.15, 0.2) is 48.8 Å². The van der Waals surface area contributed by atoms with E-state index in [1.807, 2.05) is 24.5 Å². The zero-order valence-electron chi connectivity index (χ0n) is 13.2. The van der Waals surface area contributed by atoms with Gasteiger partial charge in [0.05, 0.1) is 16.7 Å². The van der Waals surface area contributed by atoms with Gasteiger partial charge in [0.2, 0.25) is 6.33 Å². The number of hydrogen-bond acceptors (Lipinski definition) is 2. The number of rotatable bonds is 3. The third-order valence-corrected chi connectivity index (χ3v) is 5.01. The molecule has 1 aromatic heterocycles. The molecule has 0 saturated carbocycles. The molecule has 0 spiro atoms.